The van der Waals surface area contributed by atoms with Gasteiger partial charge in [0, 0.05) is 17.9 Å². The Balaban J connectivity index is 1.03. The lowest BCUT2D eigenvalue weighted by atomic mass is 10.1. The first-order valence-electron chi connectivity index (χ1n) is 18.1. The van der Waals surface area contributed by atoms with E-state index in [1.807, 2.05) is 19.1 Å². The number of aromatic nitrogens is 8. The van der Waals surface area contributed by atoms with Crippen molar-refractivity contribution in [3.8, 4) is 6.07 Å². The lowest BCUT2D eigenvalue weighted by Gasteiger charge is -2.24. The molecule has 2 fully saturated rings. The van der Waals surface area contributed by atoms with Crippen LogP contribution in [0.1, 0.15) is 62.8 Å². The van der Waals surface area contributed by atoms with Crippen molar-refractivity contribution >= 4 is 54.5 Å². The van der Waals surface area contributed by atoms with Crippen molar-refractivity contribution in [3.05, 3.63) is 65.2 Å². The number of anilines is 2. The normalized spacial score (nSPS) is 23.9. The van der Waals surface area contributed by atoms with Gasteiger partial charge in [0.2, 0.25) is 11.9 Å². The number of nitrogens with zero attached hydrogens (tertiary/aromatic N) is 8. The Morgan fingerprint density at radius 2 is 1.84 bits per heavy atom. The third-order valence-corrected chi connectivity index (χ3v) is 10.5. The number of benzene rings is 1. The number of ether oxygens (including phenoxy) is 2. The molecule has 2 saturated heterocycles. The van der Waals surface area contributed by atoms with Gasteiger partial charge < -0.3 is 33.5 Å². The number of fused-ring (bicyclic) bond motifs is 2. The van der Waals surface area contributed by atoms with Gasteiger partial charge in [-0.05, 0) is 18.6 Å². The summed E-state index contributed by atoms with van der Waals surface area (Å²) < 4.78 is 48.9. The van der Waals surface area contributed by atoms with E-state index in [2.05, 4.69) is 40.5 Å². The van der Waals surface area contributed by atoms with Crippen LogP contribution in [-0.2, 0) is 27.8 Å². The molecule has 6 heterocycles. The first-order valence-corrected chi connectivity index (χ1v) is 19.2. The fraction of sp³-hybridized carbons (Fsp3) is 0.457. The molecule has 20 nitrogen and oxygen atoms in total. The van der Waals surface area contributed by atoms with Crippen LogP contribution < -0.4 is 16.2 Å². The minimum absolute atomic E-state index is 0.0301. The number of amides is 2. The van der Waals surface area contributed by atoms with Gasteiger partial charge in [-0.25, -0.2) is 24.3 Å². The third-order valence-electron chi connectivity index (χ3n) is 9.26. The van der Waals surface area contributed by atoms with Crippen LogP contribution in [0.2, 0.25) is 0 Å². The summed E-state index contributed by atoms with van der Waals surface area (Å²) in [4.78, 5) is 61.6. The van der Waals surface area contributed by atoms with Gasteiger partial charge in [-0.1, -0.05) is 39.0 Å². The molecule has 0 bridgehead atoms. The summed E-state index contributed by atoms with van der Waals surface area (Å²) >= 11 is 0. The molecule has 57 heavy (non-hydrogen) atoms. The lowest BCUT2D eigenvalue weighted by molar-refractivity contribution is -0.118. The molecule has 0 aliphatic carbocycles. The Hall–Kier alpha value is -5.33. The molecule has 5 aromatic rings. The number of hydrogen-bond acceptors (Lipinski definition) is 15. The number of imidazole rings is 2. The molecular weight excluding hydrogens is 768 g/mol. The molecule has 22 heteroatoms. The summed E-state index contributed by atoms with van der Waals surface area (Å²) in [5, 5.41) is 25.4. The van der Waals surface area contributed by atoms with Gasteiger partial charge in [0.15, 0.2) is 40.5 Å². The highest BCUT2D eigenvalue weighted by Gasteiger charge is 2.47. The maximum absolute atomic E-state index is 15.6. The average Bonchev–Trinajstić information content (AvgIpc) is 3.99. The van der Waals surface area contributed by atoms with E-state index in [9.17, 15) is 19.5 Å². The van der Waals surface area contributed by atoms with Crippen molar-refractivity contribution < 1.29 is 42.1 Å². The van der Waals surface area contributed by atoms with Gasteiger partial charge in [-0.3, -0.25) is 33.8 Å². The lowest BCUT2D eigenvalue weighted by Crippen LogP contribution is -2.30. The minimum Gasteiger partial charge on any atom is -0.385 e. The van der Waals surface area contributed by atoms with Crippen molar-refractivity contribution in [1.82, 2.24) is 39.0 Å². The number of rotatable bonds is 15. The number of aromatic amines is 1. The standard InChI is InChI=1S/C35H39FN11O9P/c1-4-20-21(13-23(54-20)46-16-40-25-28(38-15-39-29(25)46)42-32(50)19-9-6-5-7-10-19)56-57(52-12-8-11-37)53-14-22-24(36)27(48)34(55-22)47-17-41-26-30(47)43-35(45-33(26)51)44-31(49)18(2)3/h5-7,9-10,15-18,20-24,27,34,48H,4,8,12-14H2,1-3H3,(H,38,39,42,50)(H2,43,44,45,49,51)/t20-,21-,22-,23-,24-,27-,34-,57?/m1/s1. The Kier molecular flexibility index (Phi) is 12.2. The smallest absolute Gasteiger partial charge is 0.333 e. The maximum Gasteiger partial charge on any atom is 0.333 e. The van der Waals surface area contributed by atoms with Crippen molar-refractivity contribution in [3.63, 3.8) is 0 Å². The molecule has 2 amide bonds. The molecule has 7 rings (SSSR count). The third kappa shape index (κ3) is 8.52. The SMILES string of the molecule is CC[C@H]1O[C@@H](n2cnc3c(NC(=O)c4ccccc4)ncnc32)C[C@H]1OP(OCCC#N)OC[C@H]1O[C@@H](n2cnc3c(=O)[nH]c(NC(=O)C(C)C)nc32)[C@H](O)[C@@H]1F. The number of halogens is 1. The number of alkyl halides is 1. The summed E-state index contributed by atoms with van der Waals surface area (Å²) in [6.07, 6.45) is -3.06. The monoisotopic (exact) mass is 807 g/mol. The molecule has 0 spiro atoms. The van der Waals surface area contributed by atoms with Crippen LogP contribution in [0.5, 0.6) is 0 Å². The Bertz CT molecular complexity index is 2320. The first-order chi connectivity index (χ1) is 27.6. The van der Waals surface area contributed by atoms with Crippen LogP contribution >= 0.6 is 8.60 Å². The molecule has 2 aliphatic heterocycles. The maximum atomic E-state index is 15.6. The highest BCUT2D eigenvalue weighted by Crippen LogP contribution is 2.47. The van der Waals surface area contributed by atoms with Crippen molar-refractivity contribution in [2.45, 2.75) is 83.1 Å². The zero-order chi connectivity index (χ0) is 40.2. The van der Waals surface area contributed by atoms with Crippen LogP contribution in [-0.4, -0.2) is 99.8 Å². The Morgan fingerprint density at radius 1 is 1.07 bits per heavy atom. The number of nitriles is 1. The number of aliphatic hydroxyl groups is 1. The molecule has 2 aliphatic rings. The fourth-order valence-corrected chi connectivity index (χ4v) is 7.43. The van der Waals surface area contributed by atoms with E-state index in [1.165, 1.54) is 23.5 Å². The topological polar surface area (TPSA) is 256 Å². The number of aliphatic hydroxyl groups excluding tert-OH is 1. The van der Waals surface area contributed by atoms with E-state index >= 15 is 4.39 Å². The highest BCUT2D eigenvalue weighted by molar-refractivity contribution is 7.41. The molecule has 300 valence electrons. The number of carbonyl (C=O) groups is 2. The molecule has 4 N–H and O–H groups in total. The Morgan fingerprint density at radius 3 is 2.60 bits per heavy atom. The van der Waals surface area contributed by atoms with Crippen molar-refractivity contribution in [1.29, 1.82) is 5.26 Å². The number of H-pyrrole nitrogens is 1. The summed E-state index contributed by atoms with van der Waals surface area (Å²) in [6, 6.07) is 10.7. The minimum atomic E-state index is -2.20. The molecule has 0 radical (unpaired) electrons. The zero-order valence-corrected chi connectivity index (χ0v) is 31.8. The zero-order valence-electron chi connectivity index (χ0n) is 30.9. The van der Waals surface area contributed by atoms with E-state index < -0.39 is 75.6 Å². The van der Waals surface area contributed by atoms with Gasteiger partial charge in [-0.15, -0.1) is 0 Å². The molecule has 8 atom stereocenters. The summed E-state index contributed by atoms with van der Waals surface area (Å²) in [5.74, 6) is -1.07. The van der Waals surface area contributed by atoms with Crippen LogP contribution in [0.15, 0.2) is 54.1 Å². The van der Waals surface area contributed by atoms with Crippen LogP contribution in [0.25, 0.3) is 22.3 Å². The summed E-state index contributed by atoms with van der Waals surface area (Å²) in [7, 11) is -2.20. The van der Waals surface area contributed by atoms with Crippen molar-refractivity contribution in [2.24, 2.45) is 5.92 Å². The van der Waals surface area contributed by atoms with Gasteiger partial charge in [0.25, 0.3) is 11.5 Å². The fourth-order valence-electron chi connectivity index (χ4n) is 6.28. The number of nitrogens with one attached hydrogen (secondary N) is 3. The largest absolute Gasteiger partial charge is 0.385 e. The van der Waals surface area contributed by atoms with E-state index in [0.29, 0.717) is 29.6 Å². The second-order valence-electron chi connectivity index (χ2n) is 13.4. The quantitative estimate of drug-likeness (QED) is 0.0870. The van der Waals surface area contributed by atoms with E-state index in [-0.39, 0.29) is 41.9 Å². The van der Waals surface area contributed by atoms with Crippen molar-refractivity contribution in [2.75, 3.05) is 23.8 Å². The van der Waals surface area contributed by atoms with E-state index in [1.54, 1.807) is 42.7 Å². The predicted molar refractivity (Wildman–Crippen MR) is 199 cm³/mol. The Labute approximate surface area is 324 Å². The van der Waals surface area contributed by atoms with E-state index in [0.717, 1.165) is 0 Å². The first kappa shape index (κ1) is 39.9. The average molecular weight is 808 g/mol. The summed E-state index contributed by atoms with van der Waals surface area (Å²) in [5.41, 5.74) is 0.408. The van der Waals surface area contributed by atoms with Gasteiger partial charge in [0.1, 0.15) is 24.8 Å². The highest BCUT2D eigenvalue weighted by atomic mass is 31.2. The predicted octanol–water partition coefficient (Wildman–Crippen LogP) is 3.66. The molecular formula is C35H39FN11O9P. The second-order valence-corrected chi connectivity index (χ2v) is 14.6. The molecule has 4 aromatic heterocycles. The van der Waals surface area contributed by atoms with Crippen LogP contribution in [0, 0.1) is 17.2 Å². The second kappa shape index (κ2) is 17.4. The molecule has 0 saturated carbocycles. The van der Waals surface area contributed by atoms with Gasteiger partial charge in [0.05, 0.1) is 50.6 Å². The number of carbonyl (C=O) groups excluding carboxylic acids is 2. The summed E-state index contributed by atoms with van der Waals surface area (Å²) in [6.45, 7) is 4.79. The number of hydrogen-bond donors (Lipinski definition) is 4. The van der Waals surface area contributed by atoms with Gasteiger partial charge in [-0.2, -0.15) is 10.2 Å². The van der Waals surface area contributed by atoms with Gasteiger partial charge >= 0.3 is 8.60 Å². The van der Waals surface area contributed by atoms with Crippen LogP contribution in [0.3, 0.4) is 0 Å². The van der Waals surface area contributed by atoms with Crippen LogP contribution in [0.4, 0.5) is 16.2 Å². The molecule has 1 aromatic carbocycles. The van der Waals surface area contributed by atoms with E-state index in [4.69, 9.17) is 28.3 Å². The molecule has 1 unspecified atom stereocenters.